The number of hydrogen-bond donors (Lipinski definition) is 1. The lowest BCUT2D eigenvalue weighted by atomic mass is 9.80. The molecule has 10 nitrogen and oxygen atoms in total. The second kappa shape index (κ2) is 15.3. The van der Waals surface area contributed by atoms with E-state index < -0.39 is 18.0 Å². The second-order valence-electron chi connectivity index (χ2n) is 12.4. The summed E-state index contributed by atoms with van der Waals surface area (Å²) in [6.45, 7) is 2.54. The molecule has 1 aromatic heterocycles. The Hall–Kier alpha value is -4.22. The average molecular weight is 741 g/mol. The summed E-state index contributed by atoms with van der Waals surface area (Å²) in [5.41, 5.74) is 2.28. The number of carboxylic acids is 1. The third-order valence-electron chi connectivity index (χ3n) is 9.59. The minimum Gasteiger partial charge on any atom is -0.545 e. The number of amides is 1. The number of methoxy groups -OCH3 is 2. The number of anilines is 1. The Morgan fingerprint density at radius 1 is 0.960 bits per heavy atom. The van der Waals surface area contributed by atoms with E-state index in [0.29, 0.717) is 51.0 Å². The summed E-state index contributed by atoms with van der Waals surface area (Å²) < 4.78 is 18.0. The fourth-order valence-electron chi connectivity index (χ4n) is 7.06. The van der Waals surface area contributed by atoms with E-state index in [4.69, 9.17) is 49.0 Å². The number of aromatic nitrogens is 1. The molecule has 3 aromatic carbocycles. The van der Waals surface area contributed by atoms with Gasteiger partial charge in [-0.1, -0.05) is 71.2 Å². The average Bonchev–Trinajstić information content (AvgIpc) is 3.11. The number of carbonyl (C=O) groups is 2. The molecule has 0 spiro atoms. The normalized spacial score (nSPS) is 18.7. The Bertz CT molecular complexity index is 1880. The van der Waals surface area contributed by atoms with Crippen LogP contribution in [-0.4, -0.2) is 62.1 Å². The molecule has 0 unspecified atom stereocenters. The van der Waals surface area contributed by atoms with Crippen LogP contribution in [0.5, 0.6) is 11.5 Å². The van der Waals surface area contributed by atoms with Gasteiger partial charge in [-0.05, 0) is 79.2 Å². The largest absolute Gasteiger partial charge is 0.545 e. The summed E-state index contributed by atoms with van der Waals surface area (Å²) in [4.78, 5) is 30.8. The minimum absolute atomic E-state index is 0.0865. The van der Waals surface area contributed by atoms with E-state index in [-0.39, 0.29) is 40.6 Å². The van der Waals surface area contributed by atoms with E-state index >= 15 is 0 Å². The molecule has 50 heavy (non-hydrogen) atoms. The molecular weight excluding hydrogens is 705 g/mol. The SMILES string of the molecule is COc1ccc([C@H](Cc2c(Cl)c[n+](O)cc2Cl)c2c(CN(C(=O)O[C@H]3CN4CCC3CC4)c3ccccc3Cl)cccc2C(=O)[O-])cc1OC. The first-order valence-electron chi connectivity index (χ1n) is 16.2. The second-order valence-corrected chi connectivity index (χ2v) is 13.7. The number of carboxylic acid groups (broad SMARTS) is 1. The van der Waals surface area contributed by atoms with Crippen LogP contribution in [0.15, 0.2) is 73.1 Å². The Balaban J connectivity index is 1.49. The maximum atomic E-state index is 14.2. The fraction of sp³-hybridized carbons (Fsp3) is 0.324. The number of hydrogen-bond acceptors (Lipinski definition) is 8. The minimum atomic E-state index is -1.41. The summed E-state index contributed by atoms with van der Waals surface area (Å²) in [7, 11) is 3.02. The van der Waals surface area contributed by atoms with E-state index in [9.17, 15) is 19.9 Å². The summed E-state index contributed by atoms with van der Waals surface area (Å²) in [5.74, 6) is -0.985. The van der Waals surface area contributed by atoms with E-state index in [1.165, 1.54) is 37.6 Å². The van der Waals surface area contributed by atoms with Crippen LogP contribution >= 0.6 is 34.8 Å². The van der Waals surface area contributed by atoms with Crippen LogP contribution in [0.1, 0.15) is 51.4 Å². The number of para-hydroxylation sites is 1. The van der Waals surface area contributed by atoms with Gasteiger partial charge in [-0.25, -0.2) is 4.79 Å². The number of piperidine rings is 3. The van der Waals surface area contributed by atoms with Crippen molar-refractivity contribution in [2.45, 2.75) is 37.8 Å². The molecule has 3 aliphatic rings. The standard InChI is InChI=1S/C37H36Cl3N3O7/c1-48-32-11-10-23(16-33(32)49-2)26(17-27-29(39)19-42(47)20-30(27)40)35-24(6-5-7-25(35)36(44)45)18-43(31-9-4-3-8-28(31)38)37(46)50-34-21-41-14-12-22(34)13-15-41/h3-11,16,19-20,22,26,34H,12-15,17-18,21H2,1-2H3,(H-,44,45,47)/t26-,34-/m0/s1. The van der Waals surface area contributed by atoms with Crippen LogP contribution in [0.3, 0.4) is 0 Å². The summed E-state index contributed by atoms with van der Waals surface area (Å²) in [6, 6.07) is 17.0. The molecule has 0 aliphatic carbocycles. The topological polar surface area (TPSA) is 115 Å². The van der Waals surface area contributed by atoms with Crippen molar-refractivity contribution in [1.82, 2.24) is 4.90 Å². The lowest BCUT2D eigenvalue weighted by Crippen LogP contribution is -2.53. The number of nitrogens with zero attached hydrogens (tertiary/aromatic N) is 3. The first-order chi connectivity index (χ1) is 24.1. The van der Waals surface area contributed by atoms with E-state index in [2.05, 4.69) is 4.90 Å². The van der Waals surface area contributed by atoms with Gasteiger partial charge >= 0.3 is 6.09 Å². The summed E-state index contributed by atoms with van der Waals surface area (Å²) >= 11 is 19.9. The molecule has 3 fully saturated rings. The van der Waals surface area contributed by atoms with E-state index in [1.54, 1.807) is 54.6 Å². The van der Waals surface area contributed by atoms with Gasteiger partial charge in [0.2, 0.25) is 12.4 Å². The van der Waals surface area contributed by atoms with Crippen LogP contribution in [0.25, 0.3) is 0 Å². The van der Waals surface area contributed by atoms with Crippen molar-refractivity contribution >= 4 is 52.6 Å². The highest BCUT2D eigenvalue weighted by atomic mass is 35.5. The third-order valence-corrected chi connectivity index (χ3v) is 10.6. The van der Waals surface area contributed by atoms with Gasteiger partial charge in [0.15, 0.2) is 11.5 Å². The molecule has 4 aromatic rings. The number of halogens is 3. The predicted octanol–water partition coefficient (Wildman–Crippen LogP) is 6.16. The van der Waals surface area contributed by atoms with Gasteiger partial charge in [0.05, 0.1) is 37.4 Å². The molecule has 0 saturated carbocycles. The molecule has 4 heterocycles. The third kappa shape index (κ3) is 7.44. The van der Waals surface area contributed by atoms with Gasteiger partial charge in [0.25, 0.3) is 0 Å². The molecule has 3 saturated heterocycles. The van der Waals surface area contributed by atoms with Crippen molar-refractivity contribution in [3.05, 3.63) is 116 Å². The first kappa shape index (κ1) is 35.6. The fourth-order valence-corrected chi connectivity index (χ4v) is 7.91. The van der Waals surface area contributed by atoms with Crippen molar-refractivity contribution < 1.29 is 38.8 Å². The molecule has 262 valence electrons. The number of benzene rings is 3. The van der Waals surface area contributed by atoms with Gasteiger partial charge in [0.1, 0.15) is 16.1 Å². The monoisotopic (exact) mass is 739 g/mol. The smallest absolute Gasteiger partial charge is 0.414 e. The molecule has 1 N–H and O–H groups in total. The lowest BCUT2D eigenvalue weighted by molar-refractivity contribution is -0.904. The van der Waals surface area contributed by atoms with Crippen molar-refractivity contribution in [2.75, 3.05) is 38.8 Å². The van der Waals surface area contributed by atoms with Crippen molar-refractivity contribution in [2.24, 2.45) is 5.92 Å². The number of carbonyl (C=O) groups excluding carboxylic acids is 2. The molecule has 1 amide bonds. The zero-order valence-corrected chi connectivity index (χ0v) is 29.8. The highest BCUT2D eigenvalue weighted by Crippen LogP contribution is 2.41. The Kier molecular flexibility index (Phi) is 10.9. The number of pyridine rings is 1. The van der Waals surface area contributed by atoms with Gasteiger partial charge < -0.3 is 24.1 Å². The van der Waals surface area contributed by atoms with Crippen LogP contribution < -0.4 is 24.2 Å². The molecule has 3 aliphatic heterocycles. The molecular formula is C37H36Cl3N3O7. The Morgan fingerprint density at radius 2 is 1.66 bits per heavy atom. The molecule has 2 bridgehead atoms. The van der Waals surface area contributed by atoms with Gasteiger partial charge in [0, 0.05) is 28.3 Å². The summed E-state index contributed by atoms with van der Waals surface area (Å²) in [5, 5.41) is 23.6. The molecule has 0 radical (unpaired) electrons. The zero-order valence-electron chi connectivity index (χ0n) is 27.5. The Morgan fingerprint density at radius 3 is 2.28 bits per heavy atom. The molecule has 2 atom stereocenters. The van der Waals surface area contributed by atoms with E-state index in [0.717, 1.165) is 30.7 Å². The van der Waals surface area contributed by atoms with Crippen LogP contribution in [0, 0.1) is 5.92 Å². The van der Waals surface area contributed by atoms with E-state index in [1.807, 2.05) is 0 Å². The maximum Gasteiger partial charge on any atom is 0.414 e. The Labute approximate surface area is 305 Å². The van der Waals surface area contributed by atoms with Crippen molar-refractivity contribution in [3.63, 3.8) is 0 Å². The van der Waals surface area contributed by atoms with Crippen molar-refractivity contribution in [1.29, 1.82) is 0 Å². The van der Waals surface area contributed by atoms with Crippen molar-refractivity contribution in [3.8, 4) is 11.5 Å². The number of rotatable bonds is 11. The van der Waals surface area contributed by atoms with Gasteiger partial charge in [-0.3, -0.25) is 15.0 Å². The highest BCUT2D eigenvalue weighted by molar-refractivity contribution is 6.35. The summed E-state index contributed by atoms with van der Waals surface area (Å²) in [6.07, 6.45) is 3.73. The number of fused-ring (bicyclic) bond motifs is 3. The quantitative estimate of drug-likeness (QED) is 0.144. The van der Waals surface area contributed by atoms with Gasteiger partial charge in [-0.15, -0.1) is 0 Å². The van der Waals surface area contributed by atoms with Gasteiger partial charge in [-0.2, -0.15) is 0 Å². The van der Waals surface area contributed by atoms with Crippen LogP contribution in [0.4, 0.5) is 10.5 Å². The first-order valence-corrected chi connectivity index (χ1v) is 17.3. The van der Waals surface area contributed by atoms with Crippen LogP contribution in [0.2, 0.25) is 15.1 Å². The zero-order chi connectivity index (χ0) is 35.5. The number of ether oxygens (including phenoxy) is 3. The van der Waals surface area contributed by atoms with Crippen LogP contribution in [-0.2, 0) is 17.7 Å². The molecule has 7 rings (SSSR count). The maximum absolute atomic E-state index is 14.2. The highest BCUT2D eigenvalue weighted by Gasteiger charge is 2.38. The number of aromatic carboxylic acids is 1. The molecule has 13 heteroatoms. The predicted molar refractivity (Wildman–Crippen MR) is 187 cm³/mol. The lowest BCUT2D eigenvalue weighted by Gasteiger charge is -2.44.